The van der Waals surface area contributed by atoms with Gasteiger partial charge in [-0.05, 0) is 12.8 Å². The van der Waals surface area contributed by atoms with E-state index in [1.54, 1.807) is 0 Å². The Morgan fingerprint density at radius 1 is 1.10 bits per heavy atom. The summed E-state index contributed by atoms with van der Waals surface area (Å²) in [5, 5.41) is 4.08. The summed E-state index contributed by atoms with van der Waals surface area (Å²) >= 11 is 0. The number of hydrogen-bond acceptors (Lipinski definition) is 6. The first-order valence-electron chi connectivity index (χ1n) is 10.5. The summed E-state index contributed by atoms with van der Waals surface area (Å²) in [4.78, 5) is 27.3. The fourth-order valence-electron chi connectivity index (χ4n) is 4.42. The molecule has 0 bridgehead atoms. The monoisotopic (exact) mass is 391 g/mol. The van der Waals surface area contributed by atoms with Crippen LogP contribution < -0.4 is 5.56 Å². The van der Waals surface area contributed by atoms with Gasteiger partial charge in [0.2, 0.25) is 11.7 Å². The van der Waals surface area contributed by atoms with Crippen molar-refractivity contribution in [1.82, 2.24) is 25.0 Å². The van der Waals surface area contributed by atoms with Gasteiger partial charge in [0, 0.05) is 31.0 Å². The van der Waals surface area contributed by atoms with Crippen LogP contribution in [0.5, 0.6) is 0 Å². The number of benzene rings is 1. The first kappa shape index (κ1) is 18.2. The second-order valence-corrected chi connectivity index (χ2v) is 8.05. The van der Waals surface area contributed by atoms with Crippen LogP contribution in [0.2, 0.25) is 0 Å². The van der Waals surface area contributed by atoms with Gasteiger partial charge < -0.3 is 9.51 Å². The van der Waals surface area contributed by atoms with E-state index >= 15 is 0 Å². The molecular formula is C22H25N5O2. The van der Waals surface area contributed by atoms with E-state index in [1.807, 2.05) is 30.3 Å². The Balaban J connectivity index is 1.30. The van der Waals surface area contributed by atoms with Crippen molar-refractivity contribution in [3.05, 3.63) is 63.7 Å². The fourth-order valence-corrected chi connectivity index (χ4v) is 4.42. The predicted octanol–water partition coefficient (Wildman–Crippen LogP) is 3.43. The lowest BCUT2D eigenvalue weighted by atomic mass is 9.88. The van der Waals surface area contributed by atoms with Crippen molar-refractivity contribution in [2.75, 3.05) is 6.54 Å². The minimum atomic E-state index is 0.00998. The van der Waals surface area contributed by atoms with Crippen molar-refractivity contribution in [2.45, 2.75) is 57.5 Å². The topological polar surface area (TPSA) is 87.9 Å². The summed E-state index contributed by atoms with van der Waals surface area (Å²) in [7, 11) is 0. The van der Waals surface area contributed by atoms with Crippen LogP contribution in [0.3, 0.4) is 0 Å². The molecule has 3 aromatic rings. The van der Waals surface area contributed by atoms with Gasteiger partial charge in [0.25, 0.3) is 5.56 Å². The van der Waals surface area contributed by atoms with Gasteiger partial charge in [-0.15, -0.1) is 0 Å². The Kier molecular flexibility index (Phi) is 4.97. The van der Waals surface area contributed by atoms with E-state index in [-0.39, 0.29) is 5.56 Å². The number of hydrogen-bond donors (Lipinski definition) is 1. The zero-order valence-corrected chi connectivity index (χ0v) is 16.4. The molecule has 0 radical (unpaired) electrons. The molecule has 0 saturated heterocycles. The van der Waals surface area contributed by atoms with Crippen LogP contribution in [-0.4, -0.2) is 31.6 Å². The molecule has 0 spiro atoms. The first-order valence-corrected chi connectivity index (χ1v) is 10.5. The number of H-pyrrole nitrogens is 1. The number of aromatic amines is 1. The van der Waals surface area contributed by atoms with E-state index in [9.17, 15) is 4.79 Å². The van der Waals surface area contributed by atoms with Crippen LogP contribution >= 0.6 is 0 Å². The highest BCUT2D eigenvalue weighted by molar-refractivity contribution is 5.53. The normalized spacial score (nSPS) is 17.9. The lowest BCUT2D eigenvalue weighted by molar-refractivity contribution is 0.207. The van der Waals surface area contributed by atoms with Gasteiger partial charge in [0.15, 0.2) is 0 Å². The first-order chi connectivity index (χ1) is 14.3. The molecule has 7 heteroatoms. The summed E-state index contributed by atoms with van der Waals surface area (Å²) in [6.07, 6.45) is 6.80. The molecule has 1 aromatic carbocycles. The lowest BCUT2D eigenvalue weighted by Gasteiger charge is -2.27. The van der Waals surface area contributed by atoms with Crippen molar-refractivity contribution >= 4 is 0 Å². The number of aromatic nitrogens is 4. The summed E-state index contributed by atoms with van der Waals surface area (Å²) in [5.41, 5.74) is 2.68. The predicted molar refractivity (Wildman–Crippen MR) is 108 cm³/mol. The molecule has 1 saturated carbocycles. The third-order valence-corrected chi connectivity index (χ3v) is 6.02. The molecule has 1 aliphatic heterocycles. The molecule has 0 atom stereocenters. The molecule has 1 fully saturated rings. The molecule has 5 rings (SSSR count). The highest BCUT2D eigenvalue weighted by Gasteiger charge is 2.25. The average Bonchev–Trinajstić information content (AvgIpc) is 3.24. The van der Waals surface area contributed by atoms with E-state index in [0.717, 1.165) is 48.5 Å². The van der Waals surface area contributed by atoms with E-state index in [0.29, 0.717) is 30.7 Å². The third kappa shape index (κ3) is 3.87. The van der Waals surface area contributed by atoms with Crippen LogP contribution in [-0.2, 0) is 19.5 Å². The van der Waals surface area contributed by atoms with Crippen molar-refractivity contribution in [3.63, 3.8) is 0 Å². The van der Waals surface area contributed by atoms with E-state index in [2.05, 4.69) is 20.0 Å². The average molecular weight is 391 g/mol. The van der Waals surface area contributed by atoms with E-state index in [1.165, 1.54) is 19.3 Å². The smallest absolute Gasteiger partial charge is 0.255 e. The Morgan fingerprint density at radius 3 is 2.76 bits per heavy atom. The molecule has 150 valence electrons. The standard InChI is InChI=1S/C22H25N5O2/c28-22-17-13-27(14-19-24-21(26-29-19)16-9-5-2-6-10-16)12-11-18(17)23-20(25-22)15-7-3-1-4-8-15/h2,5-6,9-10,15H,1,3-4,7-8,11-14H2,(H,23,25,28). The van der Waals surface area contributed by atoms with Gasteiger partial charge in [-0.1, -0.05) is 54.8 Å². The molecule has 29 heavy (non-hydrogen) atoms. The number of nitrogens with one attached hydrogen (secondary N) is 1. The second kappa shape index (κ2) is 7.91. The highest BCUT2D eigenvalue weighted by Crippen LogP contribution is 2.30. The number of rotatable bonds is 4. The molecule has 0 unspecified atom stereocenters. The maximum Gasteiger partial charge on any atom is 0.255 e. The van der Waals surface area contributed by atoms with Gasteiger partial charge >= 0.3 is 0 Å². The second-order valence-electron chi connectivity index (χ2n) is 8.05. The van der Waals surface area contributed by atoms with Crippen LogP contribution in [0.4, 0.5) is 0 Å². The van der Waals surface area contributed by atoms with Crippen LogP contribution in [0.15, 0.2) is 39.6 Å². The zero-order valence-electron chi connectivity index (χ0n) is 16.4. The molecule has 1 aliphatic carbocycles. The molecule has 7 nitrogen and oxygen atoms in total. The molecule has 3 heterocycles. The van der Waals surface area contributed by atoms with Gasteiger partial charge in [-0.3, -0.25) is 9.69 Å². The Morgan fingerprint density at radius 2 is 1.93 bits per heavy atom. The SMILES string of the molecule is O=c1[nH]c(C2CCCCC2)nc2c1CN(Cc1nc(-c3ccccc3)no1)CC2. The van der Waals surface area contributed by atoms with Crippen molar-refractivity contribution in [2.24, 2.45) is 0 Å². The van der Waals surface area contributed by atoms with Gasteiger partial charge in [0.05, 0.1) is 17.8 Å². The van der Waals surface area contributed by atoms with Gasteiger partial charge in [-0.2, -0.15) is 4.98 Å². The highest BCUT2D eigenvalue weighted by atomic mass is 16.5. The molecule has 2 aromatic heterocycles. The number of nitrogens with zero attached hydrogens (tertiary/aromatic N) is 4. The molecule has 0 amide bonds. The van der Waals surface area contributed by atoms with Crippen molar-refractivity contribution in [1.29, 1.82) is 0 Å². The molecule has 1 N–H and O–H groups in total. The summed E-state index contributed by atoms with van der Waals surface area (Å²) in [6.45, 7) is 1.92. The Hall–Kier alpha value is -2.80. The van der Waals surface area contributed by atoms with Crippen molar-refractivity contribution < 1.29 is 4.52 Å². The minimum absolute atomic E-state index is 0.00998. The third-order valence-electron chi connectivity index (χ3n) is 6.02. The largest absolute Gasteiger partial charge is 0.338 e. The van der Waals surface area contributed by atoms with Gasteiger partial charge in [0.1, 0.15) is 5.82 Å². The Bertz CT molecular complexity index is 1040. The van der Waals surface area contributed by atoms with Crippen LogP contribution in [0.25, 0.3) is 11.4 Å². The van der Waals surface area contributed by atoms with Gasteiger partial charge in [-0.25, -0.2) is 4.98 Å². The summed E-state index contributed by atoms with van der Waals surface area (Å²) in [6, 6.07) is 9.78. The maximum atomic E-state index is 12.7. The molecule has 2 aliphatic rings. The molecular weight excluding hydrogens is 366 g/mol. The zero-order chi connectivity index (χ0) is 19.6. The minimum Gasteiger partial charge on any atom is -0.338 e. The van der Waals surface area contributed by atoms with Crippen molar-refractivity contribution in [3.8, 4) is 11.4 Å². The van der Waals surface area contributed by atoms with E-state index in [4.69, 9.17) is 9.51 Å². The van der Waals surface area contributed by atoms with Crippen LogP contribution in [0.1, 0.15) is 61.0 Å². The van der Waals surface area contributed by atoms with E-state index < -0.39 is 0 Å². The quantitative estimate of drug-likeness (QED) is 0.733. The summed E-state index contributed by atoms with van der Waals surface area (Å²) < 4.78 is 5.43. The van der Waals surface area contributed by atoms with Crippen LogP contribution in [0, 0.1) is 0 Å². The summed E-state index contributed by atoms with van der Waals surface area (Å²) in [5.74, 6) is 2.46. The Labute approximate surface area is 169 Å². The fraction of sp³-hybridized carbons (Fsp3) is 0.455. The number of fused-ring (bicyclic) bond motifs is 1. The lowest BCUT2D eigenvalue weighted by Crippen LogP contribution is -2.36. The maximum absolute atomic E-state index is 12.7.